The third kappa shape index (κ3) is 6.08. The number of aryl methyl sites for hydroxylation is 2. The maximum atomic E-state index is 14.1. The molecule has 0 amide bonds. The molecule has 9 heteroatoms. The van der Waals surface area contributed by atoms with Gasteiger partial charge in [0.1, 0.15) is 18.2 Å². The topological polar surface area (TPSA) is 61.0 Å². The summed E-state index contributed by atoms with van der Waals surface area (Å²) in [5, 5.41) is 0.372. The third-order valence-corrected chi connectivity index (χ3v) is 7.58. The van der Waals surface area contributed by atoms with Crippen LogP contribution in [0.15, 0.2) is 55.1 Å². The largest absolute Gasteiger partial charge is 0.473 e. The Kier molecular flexibility index (Phi) is 8.39. The van der Waals surface area contributed by atoms with E-state index in [1.165, 1.54) is 17.5 Å². The number of pyridine rings is 1. The van der Waals surface area contributed by atoms with Crippen LogP contribution in [0, 0.1) is 5.82 Å². The lowest BCUT2D eigenvalue weighted by Gasteiger charge is -2.31. The molecule has 3 aromatic heterocycles. The first kappa shape index (κ1) is 26.4. The molecule has 5 rings (SSSR count). The predicted molar refractivity (Wildman–Crippen MR) is 146 cm³/mol. The van der Waals surface area contributed by atoms with Gasteiger partial charge in [-0.25, -0.2) is 19.3 Å². The maximum Gasteiger partial charge on any atom is 0.213 e. The second-order valence-corrected chi connectivity index (χ2v) is 10.2. The maximum absolute atomic E-state index is 14.1. The molecule has 1 aliphatic heterocycles. The summed E-state index contributed by atoms with van der Waals surface area (Å²) in [4.78, 5) is 16.3. The minimum absolute atomic E-state index is 0.114. The third-order valence-electron chi connectivity index (χ3n) is 7.35. The second-order valence-electron chi connectivity index (χ2n) is 9.75. The van der Waals surface area contributed by atoms with E-state index in [1.807, 2.05) is 30.9 Å². The van der Waals surface area contributed by atoms with Crippen molar-refractivity contribution in [3.63, 3.8) is 0 Å². The Morgan fingerprint density at radius 3 is 2.66 bits per heavy atom. The standard InChI is InChI=1S/C29H34ClFN6O/c1-3-24-16-33-28(37(24)17-25-15-32-20-36(25)4-2)18-35-12-10-21(11-13-35)27-6-5-7-29(34-27)38-19-22-8-9-23(30)14-26(22)31/h5-9,14-16,20-21H,3-4,10-13,17-19H2,1-2H3. The van der Waals surface area contributed by atoms with Crippen LogP contribution in [0.2, 0.25) is 5.02 Å². The summed E-state index contributed by atoms with van der Waals surface area (Å²) in [7, 11) is 0. The first-order chi connectivity index (χ1) is 18.5. The van der Waals surface area contributed by atoms with Crippen LogP contribution in [-0.4, -0.2) is 42.1 Å². The molecule has 0 saturated carbocycles. The fraction of sp³-hybridized carbons (Fsp3) is 0.414. The van der Waals surface area contributed by atoms with Crippen LogP contribution in [0.3, 0.4) is 0 Å². The molecule has 0 N–H and O–H groups in total. The van der Waals surface area contributed by atoms with Gasteiger partial charge < -0.3 is 13.9 Å². The van der Waals surface area contributed by atoms with E-state index >= 15 is 0 Å². The summed E-state index contributed by atoms with van der Waals surface area (Å²) in [6.07, 6.45) is 8.85. The zero-order valence-corrected chi connectivity index (χ0v) is 22.7. The molecule has 7 nitrogen and oxygen atoms in total. The Morgan fingerprint density at radius 2 is 1.89 bits per heavy atom. The first-order valence-corrected chi connectivity index (χ1v) is 13.7. The summed E-state index contributed by atoms with van der Waals surface area (Å²) >= 11 is 5.85. The van der Waals surface area contributed by atoms with Crippen molar-refractivity contribution in [2.24, 2.45) is 0 Å². The molecule has 0 spiro atoms. The van der Waals surface area contributed by atoms with Crippen molar-refractivity contribution in [2.45, 2.75) is 65.3 Å². The molecule has 0 radical (unpaired) electrons. The predicted octanol–water partition coefficient (Wildman–Crippen LogP) is 5.86. The van der Waals surface area contributed by atoms with Crippen molar-refractivity contribution < 1.29 is 9.13 Å². The monoisotopic (exact) mass is 536 g/mol. The molecule has 38 heavy (non-hydrogen) atoms. The number of halogens is 2. The lowest BCUT2D eigenvalue weighted by atomic mass is 9.93. The zero-order chi connectivity index (χ0) is 26.5. The molecule has 1 aromatic carbocycles. The summed E-state index contributed by atoms with van der Waals surface area (Å²) in [5.74, 6) is 1.61. The van der Waals surface area contributed by atoms with Gasteiger partial charge in [0, 0.05) is 52.9 Å². The molecule has 1 fully saturated rings. The number of ether oxygens (including phenoxy) is 1. The average molecular weight is 537 g/mol. The van der Waals surface area contributed by atoms with Crippen molar-refractivity contribution in [2.75, 3.05) is 13.1 Å². The molecule has 0 unspecified atom stereocenters. The van der Waals surface area contributed by atoms with Crippen molar-refractivity contribution in [3.8, 4) is 5.88 Å². The van der Waals surface area contributed by atoms with Gasteiger partial charge in [-0.2, -0.15) is 0 Å². The molecule has 4 aromatic rings. The van der Waals surface area contributed by atoms with Crippen molar-refractivity contribution in [3.05, 3.63) is 94.4 Å². The van der Waals surface area contributed by atoms with E-state index in [4.69, 9.17) is 26.3 Å². The van der Waals surface area contributed by atoms with E-state index in [-0.39, 0.29) is 12.4 Å². The number of hydrogen-bond donors (Lipinski definition) is 0. The van der Waals surface area contributed by atoms with Gasteiger partial charge in [0.2, 0.25) is 5.88 Å². The van der Waals surface area contributed by atoms with Crippen LogP contribution in [0.25, 0.3) is 0 Å². The minimum atomic E-state index is -0.372. The van der Waals surface area contributed by atoms with Gasteiger partial charge in [-0.15, -0.1) is 0 Å². The average Bonchev–Trinajstić information content (AvgIpc) is 3.55. The van der Waals surface area contributed by atoms with E-state index < -0.39 is 0 Å². The lowest BCUT2D eigenvalue weighted by molar-refractivity contribution is 0.196. The van der Waals surface area contributed by atoms with E-state index in [9.17, 15) is 4.39 Å². The number of likely N-dealkylation sites (tertiary alicyclic amines) is 1. The molecule has 0 aliphatic carbocycles. The highest BCUT2D eigenvalue weighted by atomic mass is 35.5. The summed E-state index contributed by atoms with van der Waals surface area (Å²) in [6, 6.07) is 10.5. The van der Waals surface area contributed by atoms with Crippen molar-refractivity contribution >= 4 is 11.6 Å². The quantitative estimate of drug-likeness (QED) is 0.254. The van der Waals surface area contributed by atoms with Gasteiger partial charge in [0.05, 0.1) is 25.1 Å². The van der Waals surface area contributed by atoms with Gasteiger partial charge in [-0.3, -0.25) is 4.90 Å². The van der Waals surface area contributed by atoms with Crippen LogP contribution < -0.4 is 4.74 Å². The van der Waals surface area contributed by atoms with Gasteiger partial charge in [-0.05, 0) is 57.5 Å². The molecule has 4 heterocycles. The molecule has 0 bridgehead atoms. The van der Waals surface area contributed by atoms with Crippen LogP contribution in [0.5, 0.6) is 5.88 Å². The summed E-state index contributed by atoms with van der Waals surface area (Å²) in [6.45, 7) is 8.92. The Morgan fingerprint density at radius 1 is 1.05 bits per heavy atom. The Labute approximate surface area is 228 Å². The van der Waals surface area contributed by atoms with Crippen molar-refractivity contribution in [1.82, 2.24) is 29.0 Å². The molecular formula is C29H34ClFN6O. The number of hydrogen-bond acceptors (Lipinski definition) is 5. The smallest absolute Gasteiger partial charge is 0.213 e. The minimum Gasteiger partial charge on any atom is -0.473 e. The SMILES string of the molecule is CCc1cnc(CN2CCC(c3cccc(OCc4ccc(Cl)cc4F)n3)CC2)n1Cc1cncn1CC. The number of rotatable bonds is 10. The number of aromatic nitrogens is 5. The second kappa shape index (κ2) is 12.1. The van der Waals surface area contributed by atoms with Gasteiger partial charge >= 0.3 is 0 Å². The Balaban J connectivity index is 1.19. The Bertz CT molecular complexity index is 1360. The van der Waals surface area contributed by atoms with Crippen LogP contribution in [0.4, 0.5) is 4.39 Å². The van der Waals surface area contributed by atoms with Crippen molar-refractivity contribution in [1.29, 1.82) is 0 Å². The molecular weight excluding hydrogens is 503 g/mol. The normalized spacial score (nSPS) is 14.7. The van der Waals surface area contributed by atoms with Gasteiger partial charge in [0.15, 0.2) is 0 Å². The zero-order valence-electron chi connectivity index (χ0n) is 22.0. The summed E-state index contributed by atoms with van der Waals surface area (Å²) < 4.78 is 24.4. The van der Waals surface area contributed by atoms with Crippen LogP contribution in [0.1, 0.15) is 61.1 Å². The van der Waals surface area contributed by atoms with E-state index in [0.717, 1.165) is 63.5 Å². The Hall–Kier alpha value is -3.23. The van der Waals surface area contributed by atoms with Crippen LogP contribution >= 0.6 is 11.6 Å². The first-order valence-electron chi connectivity index (χ1n) is 13.3. The highest BCUT2D eigenvalue weighted by Crippen LogP contribution is 2.29. The lowest BCUT2D eigenvalue weighted by Crippen LogP contribution is -2.33. The highest BCUT2D eigenvalue weighted by Gasteiger charge is 2.24. The molecule has 200 valence electrons. The van der Waals surface area contributed by atoms with Crippen LogP contribution in [-0.2, 0) is 32.7 Å². The van der Waals surface area contributed by atoms with Gasteiger partial charge in [0.25, 0.3) is 0 Å². The fourth-order valence-electron chi connectivity index (χ4n) is 5.10. The van der Waals surface area contributed by atoms with E-state index in [0.29, 0.717) is 22.4 Å². The molecule has 1 aliphatic rings. The van der Waals surface area contributed by atoms with E-state index in [1.54, 1.807) is 12.1 Å². The molecule has 0 atom stereocenters. The number of benzene rings is 1. The number of piperidine rings is 1. The summed E-state index contributed by atoms with van der Waals surface area (Å²) in [5.41, 5.74) is 3.94. The van der Waals surface area contributed by atoms with E-state index in [2.05, 4.69) is 38.9 Å². The number of imidazole rings is 2. The fourth-order valence-corrected chi connectivity index (χ4v) is 5.26. The number of nitrogens with zero attached hydrogens (tertiary/aromatic N) is 6. The highest BCUT2D eigenvalue weighted by molar-refractivity contribution is 6.30. The van der Waals surface area contributed by atoms with Gasteiger partial charge in [-0.1, -0.05) is 30.7 Å². The molecule has 1 saturated heterocycles.